The number of anilines is 3. The van der Waals surface area contributed by atoms with Gasteiger partial charge in [0.05, 0.1) is 5.52 Å². The van der Waals surface area contributed by atoms with Crippen LogP contribution in [-0.2, 0) is 9.59 Å². The quantitative estimate of drug-likeness (QED) is 0.208. The van der Waals surface area contributed by atoms with Crippen molar-refractivity contribution in [3.05, 3.63) is 64.5 Å². The van der Waals surface area contributed by atoms with Crippen LogP contribution in [0.25, 0.3) is 10.9 Å². The molecule has 9 heteroatoms. The molecule has 3 rings (SSSR count). The molecule has 0 unspecified atom stereocenters. The molecule has 0 aliphatic heterocycles. The molecule has 0 spiro atoms. The number of halogens is 1. The van der Waals surface area contributed by atoms with E-state index in [-0.39, 0.29) is 5.91 Å². The highest BCUT2D eigenvalue weighted by Crippen LogP contribution is 2.26. The molecule has 0 bridgehead atoms. The lowest BCUT2D eigenvalue weighted by Crippen LogP contribution is -2.24. The van der Waals surface area contributed by atoms with Crippen LogP contribution in [0.15, 0.2) is 60.9 Å². The number of hydrogen-bond acceptors (Lipinski definition) is 6. The number of hydrogen-bond donors (Lipinski definition) is 4. The zero-order valence-corrected chi connectivity index (χ0v) is 18.2. The third-order valence-electron chi connectivity index (χ3n) is 4.06. The molecule has 0 atom stereocenters. The molecule has 0 saturated carbocycles. The maximum atomic E-state index is 12.2. The highest BCUT2D eigenvalue weighted by atomic mass is 127. The Balaban J connectivity index is 1.73. The molecule has 1 aromatic heterocycles. The van der Waals surface area contributed by atoms with Gasteiger partial charge in [0.1, 0.15) is 12.1 Å². The number of carbonyl (C=O) groups is 2. The molecule has 2 amide bonds. The zero-order chi connectivity index (χ0) is 21.3. The van der Waals surface area contributed by atoms with Crippen molar-refractivity contribution >= 4 is 62.5 Å². The zero-order valence-electron chi connectivity index (χ0n) is 16.1. The van der Waals surface area contributed by atoms with Gasteiger partial charge in [-0.1, -0.05) is 6.07 Å². The summed E-state index contributed by atoms with van der Waals surface area (Å²) in [4.78, 5) is 32.4. The Labute approximate surface area is 187 Å². The fraction of sp³-hybridized carbons (Fsp3) is 0.143. The molecule has 0 aliphatic rings. The summed E-state index contributed by atoms with van der Waals surface area (Å²) in [6.07, 6.45) is 4.56. The van der Waals surface area contributed by atoms with Crippen LogP contribution in [0.4, 0.5) is 17.2 Å². The first kappa shape index (κ1) is 21.7. The number of aromatic nitrogens is 2. The Morgan fingerprint density at radius 1 is 1.03 bits per heavy atom. The van der Waals surface area contributed by atoms with Crippen LogP contribution in [0.2, 0.25) is 0 Å². The normalized spacial score (nSPS) is 10.9. The van der Waals surface area contributed by atoms with Gasteiger partial charge in [-0.15, -0.1) is 0 Å². The average Bonchev–Trinajstić information content (AvgIpc) is 2.73. The van der Waals surface area contributed by atoms with E-state index in [1.54, 1.807) is 18.2 Å². The summed E-state index contributed by atoms with van der Waals surface area (Å²) in [6, 6.07) is 13.3. The molecular weight excluding hydrogens is 495 g/mol. The molecule has 154 valence electrons. The van der Waals surface area contributed by atoms with Gasteiger partial charge in [0.2, 0.25) is 11.8 Å². The molecule has 0 fully saturated rings. The summed E-state index contributed by atoms with van der Waals surface area (Å²) in [5.41, 5.74) is 7.59. The lowest BCUT2D eigenvalue weighted by atomic mass is 10.2. The number of nitrogens with zero attached hydrogens (tertiary/aromatic N) is 2. The van der Waals surface area contributed by atoms with Crippen LogP contribution in [0, 0.1) is 3.57 Å². The maximum Gasteiger partial charge on any atom is 0.248 e. The van der Waals surface area contributed by atoms with Gasteiger partial charge in [-0.3, -0.25) is 9.59 Å². The van der Waals surface area contributed by atoms with Crippen LogP contribution in [0.1, 0.15) is 6.42 Å². The average molecular weight is 516 g/mol. The minimum Gasteiger partial charge on any atom is -0.353 e. The van der Waals surface area contributed by atoms with Crippen molar-refractivity contribution in [2.24, 2.45) is 5.73 Å². The van der Waals surface area contributed by atoms with Gasteiger partial charge < -0.3 is 21.7 Å². The minimum absolute atomic E-state index is 0.338. The summed E-state index contributed by atoms with van der Waals surface area (Å²) >= 11 is 2.25. The van der Waals surface area contributed by atoms with Gasteiger partial charge in [0, 0.05) is 39.0 Å². The standard InChI is InChI=1S/C21H21IN6O2/c22-14-3-1-4-15(11-14)28-21-17-12-16(5-6-18(17)25-13-26-21)27-20(30)8-7-19(29)24-10-2-9-23/h1,3-8,11-13H,2,9-10,23H2,(H,24,29)(H,27,30)(H,25,26,28)/b8-7-. The van der Waals surface area contributed by atoms with Crippen molar-refractivity contribution in [3.8, 4) is 0 Å². The van der Waals surface area contributed by atoms with Crippen LogP contribution in [0.3, 0.4) is 0 Å². The second-order valence-corrected chi connectivity index (χ2v) is 7.59. The highest BCUT2D eigenvalue weighted by molar-refractivity contribution is 14.1. The topological polar surface area (TPSA) is 122 Å². The molecule has 5 N–H and O–H groups in total. The molecule has 2 aromatic carbocycles. The Bertz CT molecular complexity index is 1090. The molecule has 8 nitrogen and oxygen atoms in total. The van der Waals surface area contributed by atoms with Gasteiger partial charge in [0.25, 0.3) is 0 Å². The van der Waals surface area contributed by atoms with E-state index in [4.69, 9.17) is 5.73 Å². The van der Waals surface area contributed by atoms with Gasteiger partial charge in [-0.05, 0) is 72.0 Å². The molecule has 0 aliphatic carbocycles. The Morgan fingerprint density at radius 3 is 2.67 bits per heavy atom. The summed E-state index contributed by atoms with van der Waals surface area (Å²) < 4.78 is 1.10. The van der Waals surface area contributed by atoms with Gasteiger partial charge in [-0.2, -0.15) is 0 Å². The first-order valence-electron chi connectivity index (χ1n) is 9.29. The van der Waals surface area contributed by atoms with E-state index in [2.05, 4.69) is 48.5 Å². The third-order valence-corrected chi connectivity index (χ3v) is 4.73. The predicted molar refractivity (Wildman–Crippen MR) is 126 cm³/mol. The lowest BCUT2D eigenvalue weighted by Gasteiger charge is -2.10. The Morgan fingerprint density at radius 2 is 1.87 bits per heavy atom. The van der Waals surface area contributed by atoms with Gasteiger partial charge in [0.15, 0.2) is 0 Å². The number of nitrogens with two attached hydrogens (primary N) is 1. The van der Waals surface area contributed by atoms with Gasteiger partial charge in [-0.25, -0.2) is 9.97 Å². The number of rotatable bonds is 8. The van der Waals surface area contributed by atoms with Crippen molar-refractivity contribution in [1.82, 2.24) is 15.3 Å². The number of carbonyl (C=O) groups excluding carboxylic acids is 2. The smallest absolute Gasteiger partial charge is 0.248 e. The Kier molecular flexibility index (Phi) is 7.69. The van der Waals surface area contributed by atoms with Crippen molar-refractivity contribution in [2.45, 2.75) is 6.42 Å². The summed E-state index contributed by atoms with van der Waals surface area (Å²) in [5.74, 6) is -0.116. The molecule has 30 heavy (non-hydrogen) atoms. The SMILES string of the molecule is NCCCNC(=O)/C=C\C(=O)Nc1ccc2ncnc(Nc3cccc(I)c3)c2c1. The predicted octanol–water partition coefficient (Wildman–Crippen LogP) is 2.94. The minimum atomic E-state index is -0.410. The first-order chi connectivity index (χ1) is 14.5. The molecular formula is C21H21IN6O2. The van der Waals surface area contributed by atoms with E-state index in [1.165, 1.54) is 18.5 Å². The van der Waals surface area contributed by atoms with Gasteiger partial charge >= 0.3 is 0 Å². The van der Waals surface area contributed by atoms with E-state index in [0.717, 1.165) is 20.2 Å². The van der Waals surface area contributed by atoms with E-state index in [1.807, 2.05) is 24.3 Å². The van der Waals surface area contributed by atoms with Crippen molar-refractivity contribution in [1.29, 1.82) is 0 Å². The van der Waals surface area contributed by atoms with Crippen molar-refractivity contribution in [2.75, 3.05) is 23.7 Å². The fourth-order valence-corrected chi connectivity index (χ4v) is 3.19. The highest BCUT2D eigenvalue weighted by Gasteiger charge is 2.07. The molecule has 3 aromatic rings. The summed E-state index contributed by atoms with van der Waals surface area (Å²) in [6.45, 7) is 0.971. The van der Waals surface area contributed by atoms with Crippen LogP contribution < -0.4 is 21.7 Å². The van der Waals surface area contributed by atoms with Crippen molar-refractivity contribution < 1.29 is 9.59 Å². The monoisotopic (exact) mass is 516 g/mol. The van der Waals surface area contributed by atoms with Crippen LogP contribution in [0.5, 0.6) is 0 Å². The number of amides is 2. The molecule has 0 radical (unpaired) electrons. The van der Waals surface area contributed by atoms with Crippen molar-refractivity contribution in [3.63, 3.8) is 0 Å². The lowest BCUT2D eigenvalue weighted by molar-refractivity contribution is -0.117. The second-order valence-electron chi connectivity index (χ2n) is 6.35. The largest absolute Gasteiger partial charge is 0.353 e. The molecule has 1 heterocycles. The Hall–Kier alpha value is -3.05. The summed E-state index contributed by atoms with van der Waals surface area (Å²) in [7, 11) is 0. The number of fused-ring (bicyclic) bond motifs is 1. The van der Waals surface area contributed by atoms with Crippen LogP contribution >= 0.6 is 22.6 Å². The first-order valence-corrected chi connectivity index (χ1v) is 10.4. The fourth-order valence-electron chi connectivity index (χ4n) is 2.64. The number of nitrogens with one attached hydrogen (secondary N) is 3. The van der Waals surface area contributed by atoms with Crippen LogP contribution in [-0.4, -0.2) is 34.9 Å². The van der Waals surface area contributed by atoms with E-state index in [0.29, 0.717) is 31.0 Å². The second kappa shape index (κ2) is 10.6. The van der Waals surface area contributed by atoms with E-state index < -0.39 is 5.91 Å². The summed E-state index contributed by atoms with van der Waals surface area (Å²) in [5, 5.41) is 9.45. The van der Waals surface area contributed by atoms with E-state index >= 15 is 0 Å². The number of benzene rings is 2. The third kappa shape index (κ3) is 6.22. The van der Waals surface area contributed by atoms with E-state index in [9.17, 15) is 9.59 Å². The molecule has 0 saturated heterocycles. The maximum absolute atomic E-state index is 12.2.